The predicted octanol–water partition coefficient (Wildman–Crippen LogP) is 0.929. The molecule has 0 radical (unpaired) electrons. The summed E-state index contributed by atoms with van der Waals surface area (Å²) < 4.78 is 0. The highest BCUT2D eigenvalue weighted by molar-refractivity contribution is 5.81. The Labute approximate surface area is 111 Å². The number of rotatable bonds is 4. The third kappa shape index (κ3) is 3.23. The van der Waals surface area contributed by atoms with Crippen LogP contribution in [0.2, 0.25) is 0 Å². The molecular formula is C14H27N3O. The second-order valence-corrected chi connectivity index (χ2v) is 5.69. The highest BCUT2D eigenvalue weighted by atomic mass is 16.2. The van der Waals surface area contributed by atoms with Crippen LogP contribution in [0.25, 0.3) is 0 Å². The Kier molecular flexibility index (Phi) is 5.01. The fourth-order valence-corrected chi connectivity index (χ4v) is 3.16. The molecule has 2 saturated heterocycles. The molecule has 0 aromatic rings. The number of amides is 1. The number of hydrogen-bond acceptors (Lipinski definition) is 3. The van der Waals surface area contributed by atoms with Gasteiger partial charge in [0, 0.05) is 32.7 Å². The molecule has 2 rings (SSSR count). The molecule has 0 bridgehead atoms. The first-order valence-electron chi connectivity index (χ1n) is 7.46. The predicted molar refractivity (Wildman–Crippen MR) is 73.5 cm³/mol. The van der Waals surface area contributed by atoms with Gasteiger partial charge in [-0.3, -0.25) is 9.69 Å². The summed E-state index contributed by atoms with van der Waals surface area (Å²) in [5, 5.41) is 3.29. The minimum absolute atomic E-state index is 0.0740. The molecule has 0 aromatic carbocycles. The molecule has 0 aliphatic carbocycles. The summed E-state index contributed by atoms with van der Waals surface area (Å²) in [7, 11) is 0. The highest BCUT2D eigenvalue weighted by Gasteiger charge is 2.31. The molecule has 18 heavy (non-hydrogen) atoms. The van der Waals surface area contributed by atoms with Crippen molar-refractivity contribution in [3.63, 3.8) is 0 Å². The van der Waals surface area contributed by atoms with Crippen molar-refractivity contribution in [1.82, 2.24) is 15.1 Å². The van der Waals surface area contributed by atoms with Crippen LogP contribution < -0.4 is 5.32 Å². The lowest BCUT2D eigenvalue weighted by Crippen LogP contribution is -2.52. The van der Waals surface area contributed by atoms with Gasteiger partial charge in [0.15, 0.2) is 0 Å². The van der Waals surface area contributed by atoms with Crippen LogP contribution in [0, 0.1) is 5.92 Å². The molecule has 2 atom stereocenters. The first-order valence-corrected chi connectivity index (χ1v) is 7.46. The third-order valence-electron chi connectivity index (χ3n) is 4.35. The van der Waals surface area contributed by atoms with Crippen molar-refractivity contribution < 1.29 is 4.79 Å². The Morgan fingerprint density at radius 1 is 1.33 bits per heavy atom. The van der Waals surface area contributed by atoms with Gasteiger partial charge < -0.3 is 10.2 Å². The molecule has 0 spiro atoms. The van der Waals surface area contributed by atoms with Gasteiger partial charge in [0.05, 0.1) is 6.04 Å². The highest BCUT2D eigenvalue weighted by Crippen LogP contribution is 2.23. The zero-order valence-corrected chi connectivity index (χ0v) is 11.8. The van der Waals surface area contributed by atoms with Crippen molar-refractivity contribution in [2.75, 3.05) is 39.3 Å². The average molecular weight is 253 g/mol. The van der Waals surface area contributed by atoms with Gasteiger partial charge in [-0.15, -0.1) is 0 Å². The molecular weight excluding hydrogens is 226 g/mol. The summed E-state index contributed by atoms with van der Waals surface area (Å²) in [5.41, 5.74) is 0. The standard InChI is InChI=1S/C14H27N3O/c1-3-4-13-5-8-17(11-13)12(2)14(18)16-9-6-15-7-10-16/h12-13,15H,3-11H2,1-2H3. The van der Waals surface area contributed by atoms with E-state index in [1.165, 1.54) is 19.3 Å². The van der Waals surface area contributed by atoms with Crippen LogP contribution in [-0.4, -0.2) is 61.0 Å². The molecule has 1 N–H and O–H groups in total. The van der Waals surface area contributed by atoms with Gasteiger partial charge in [0.2, 0.25) is 5.91 Å². The minimum Gasteiger partial charge on any atom is -0.339 e. The third-order valence-corrected chi connectivity index (χ3v) is 4.35. The Bertz CT molecular complexity index is 276. The molecule has 4 nitrogen and oxygen atoms in total. The largest absolute Gasteiger partial charge is 0.339 e. The second-order valence-electron chi connectivity index (χ2n) is 5.69. The molecule has 2 aliphatic rings. The fraction of sp³-hybridized carbons (Fsp3) is 0.929. The van der Waals surface area contributed by atoms with Crippen LogP contribution in [0.3, 0.4) is 0 Å². The van der Waals surface area contributed by atoms with Crippen molar-refractivity contribution in [1.29, 1.82) is 0 Å². The first-order chi connectivity index (χ1) is 8.72. The summed E-state index contributed by atoms with van der Waals surface area (Å²) in [4.78, 5) is 16.8. The number of hydrogen-bond donors (Lipinski definition) is 1. The van der Waals surface area contributed by atoms with E-state index >= 15 is 0 Å². The second kappa shape index (κ2) is 6.53. The van der Waals surface area contributed by atoms with Crippen molar-refractivity contribution in [2.24, 2.45) is 5.92 Å². The van der Waals surface area contributed by atoms with Gasteiger partial charge in [-0.05, 0) is 32.2 Å². The maximum atomic E-state index is 12.4. The van der Waals surface area contributed by atoms with Crippen LogP contribution in [0.15, 0.2) is 0 Å². The Morgan fingerprint density at radius 3 is 2.72 bits per heavy atom. The normalized spacial score (nSPS) is 27.4. The van der Waals surface area contributed by atoms with E-state index in [0.29, 0.717) is 5.91 Å². The number of nitrogens with zero attached hydrogens (tertiary/aromatic N) is 2. The molecule has 2 fully saturated rings. The maximum absolute atomic E-state index is 12.4. The summed E-state index contributed by atoms with van der Waals surface area (Å²) in [6.45, 7) is 10.2. The van der Waals surface area contributed by atoms with Crippen LogP contribution in [-0.2, 0) is 4.79 Å². The van der Waals surface area contributed by atoms with E-state index in [-0.39, 0.29) is 6.04 Å². The van der Waals surface area contributed by atoms with Gasteiger partial charge in [0.1, 0.15) is 0 Å². The van der Waals surface area contributed by atoms with Gasteiger partial charge in [-0.2, -0.15) is 0 Å². The van der Waals surface area contributed by atoms with Gasteiger partial charge >= 0.3 is 0 Å². The molecule has 2 aliphatic heterocycles. The van der Waals surface area contributed by atoms with Gasteiger partial charge in [0.25, 0.3) is 0 Å². The SMILES string of the molecule is CCCC1CCN(C(C)C(=O)N2CCNCC2)C1. The Morgan fingerprint density at radius 2 is 2.06 bits per heavy atom. The number of carbonyl (C=O) groups is 1. The minimum atomic E-state index is 0.0740. The monoisotopic (exact) mass is 253 g/mol. The zero-order chi connectivity index (χ0) is 13.0. The van der Waals surface area contributed by atoms with E-state index in [0.717, 1.165) is 45.2 Å². The Hall–Kier alpha value is -0.610. The van der Waals surface area contributed by atoms with E-state index in [2.05, 4.69) is 24.1 Å². The Balaban J connectivity index is 1.83. The van der Waals surface area contributed by atoms with Crippen molar-refractivity contribution in [3.8, 4) is 0 Å². The lowest BCUT2D eigenvalue weighted by atomic mass is 10.0. The van der Waals surface area contributed by atoms with Crippen molar-refractivity contribution in [3.05, 3.63) is 0 Å². The van der Waals surface area contributed by atoms with Gasteiger partial charge in [-0.1, -0.05) is 13.3 Å². The topological polar surface area (TPSA) is 35.6 Å². The summed E-state index contributed by atoms with van der Waals surface area (Å²) >= 11 is 0. The molecule has 2 heterocycles. The molecule has 4 heteroatoms. The van der Waals surface area contributed by atoms with Crippen LogP contribution >= 0.6 is 0 Å². The summed E-state index contributed by atoms with van der Waals surface area (Å²) in [5.74, 6) is 1.14. The molecule has 2 unspecified atom stereocenters. The van der Waals surface area contributed by atoms with Crippen molar-refractivity contribution >= 4 is 5.91 Å². The van der Waals surface area contributed by atoms with E-state index < -0.39 is 0 Å². The average Bonchev–Trinajstić information content (AvgIpc) is 2.87. The number of nitrogens with one attached hydrogen (secondary N) is 1. The lowest BCUT2D eigenvalue weighted by Gasteiger charge is -2.33. The van der Waals surface area contributed by atoms with E-state index in [9.17, 15) is 4.79 Å². The smallest absolute Gasteiger partial charge is 0.239 e. The van der Waals surface area contributed by atoms with Crippen LogP contribution in [0.1, 0.15) is 33.1 Å². The summed E-state index contributed by atoms with van der Waals surface area (Å²) in [6.07, 6.45) is 3.84. The number of piperazine rings is 1. The number of likely N-dealkylation sites (tertiary alicyclic amines) is 1. The molecule has 0 saturated carbocycles. The molecule has 1 amide bonds. The van der Waals surface area contributed by atoms with Crippen LogP contribution in [0.5, 0.6) is 0 Å². The van der Waals surface area contributed by atoms with E-state index in [4.69, 9.17) is 0 Å². The van der Waals surface area contributed by atoms with E-state index in [1.54, 1.807) is 0 Å². The zero-order valence-electron chi connectivity index (χ0n) is 11.8. The summed E-state index contributed by atoms with van der Waals surface area (Å²) in [6, 6.07) is 0.0740. The number of carbonyl (C=O) groups excluding carboxylic acids is 1. The fourth-order valence-electron chi connectivity index (χ4n) is 3.16. The van der Waals surface area contributed by atoms with Crippen molar-refractivity contribution in [2.45, 2.75) is 39.2 Å². The lowest BCUT2D eigenvalue weighted by molar-refractivity contribution is -0.136. The first kappa shape index (κ1) is 13.8. The van der Waals surface area contributed by atoms with Crippen LogP contribution in [0.4, 0.5) is 0 Å². The maximum Gasteiger partial charge on any atom is 0.239 e. The van der Waals surface area contributed by atoms with Gasteiger partial charge in [-0.25, -0.2) is 0 Å². The van der Waals surface area contributed by atoms with E-state index in [1.807, 2.05) is 4.90 Å². The molecule has 104 valence electrons. The molecule has 0 aromatic heterocycles. The quantitative estimate of drug-likeness (QED) is 0.809.